The number of amides is 3. The lowest BCUT2D eigenvalue weighted by Gasteiger charge is -2.13. The van der Waals surface area contributed by atoms with Crippen LogP contribution >= 0.6 is 34.2 Å². The second-order valence-corrected chi connectivity index (χ2v) is 9.35. The van der Waals surface area contributed by atoms with E-state index < -0.39 is 11.8 Å². The van der Waals surface area contributed by atoms with Gasteiger partial charge in [-0.05, 0) is 71.0 Å². The number of benzene rings is 3. The molecule has 3 aromatic carbocycles. The highest BCUT2D eigenvalue weighted by Gasteiger charge is 2.15. The maximum atomic E-state index is 12.3. The maximum absolute atomic E-state index is 12.3. The highest BCUT2D eigenvalue weighted by atomic mass is 127. The van der Waals surface area contributed by atoms with Gasteiger partial charge in [-0.2, -0.15) is 5.10 Å². The Balaban J connectivity index is 1.54. The zero-order valence-corrected chi connectivity index (χ0v) is 22.9. The lowest BCUT2D eigenvalue weighted by molar-refractivity contribution is -0.139. The average Bonchev–Trinajstić information content (AvgIpc) is 2.87. The summed E-state index contributed by atoms with van der Waals surface area (Å²) < 4.78 is 11.7. The second-order valence-electron chi connectivity index (χ2n) is 7.75. The number of methoxy groups -OCH3 is 1. The summed E-state index contributed by atoms with van der Waals surface area (Å²) in [6.07, 6.45) is 1.37. The Hall–Kier alpha value is -3.64. The molecule has 3 aromatic rings. The van der Waals surface area contributed by atoms with Gasteiger partial charge < -0.3 is 20.1 Å². The number of hydrazone groups is 1. The first kappa shape index (κ1) is 27.9. The van der Waals surface area contributed by atoms with Gasteiger partial charge in [-0.15, -0.1) is 0 Å². The van der Waals surface area contributed by atoms with Crippen molar-refractivity contribution in [3.8, 4) is 11.5 Å². The van der Waals surface area contributed by atoms with Crippen molar-refractivity contribution in [1.29, 1.82) is 0 Å². The number of halogens is 2. The zero-order chi connectivity index (χ0) is 26.8. The highest BCUT2D eigenvalue weighted by molar-refractivity contribution is 14.1. The molecule has 0 aromatic heterocycles. The van der Waals surface area contributed by atoms with E-state index in [-0.39, 0.29) is 19.1 Å². The Bertz CT molecular complexity index is 1310. The number of rotatable bonds is 9. The largest absolute Gasteiger partial charge is 0.493 e. The molecule has 3 rings (SSSR count). The molecule has 0 aliphatic carbocycles. The molecule has 0 saturated heterocycles. The van der Waals surface area contributed by atoms with Gasteiger partial charge in [0.25, 0.3) is 5.91 Å². The number of hydrogen-bond acceptors (Lipinski definition) is 6. The summed E-state index contributed by atoms with van der Waals surface area (Å²) >= 11 is 7.97. The third kappa shape index (κ3) is 8.76. The lowest BCUT2D eigenvalue weighted by atomic mass is 10.1. The molecule has 192 valence electrons. The van der Waals surface area contributed by atoms with Crippen molar-refractivity contribution < 1.29 is 23.9 Å². The molecule has 0 aliphatic rings. The third-order valence-corrected chi connectivity index (χ3v) is 5.90. The van der Waals surface area contributed by atoms with Gasteiger partial charge >= 0.3 is 11.8 Å². The zero-order valence-electron chi connectivity index (χ0n) is 20.0. The fraction of sp³-hybridized carbons (Fsp3) is 0.154. The molecule has 37 heavy (non-hydrogen) atoms. The van der Waals surface area contributed by atoms with Crippen LogP contribution in [0.5, 0.6) is 11.5 Å². The van der Waals surface area contributed by atoms with E-state index in [1.807, 2.05) is 53.8 Å². The van der Waals surface area contributed by atoms with Gasteiger partial charge in [0.15, 0.2) is 18.1 Å². The van der Waals surface area contributed by atoms with E-state index in [0.717, 1.165) is 11.1 Å². The lowest BCUT2D eigenvalue weighted by Crippen LogP contribution is -2.37. The molecular weight excluding hydrogens is 611 g/mol. The summed E-state index contributed by atoms with van der Waals surface area (Å²) in [4.78, 5) is 36.3. The van der Waals surface area contributed by atoms with Crippen LogP contribution in [0.15, 0.2) is 65.8 Å². The van der Waals surface area contributed by atoms with E-state index in [4.69, 9.17) is 21.1 Å². The smallest absolute Gasteiger partial charge is 0.329 e. The molecule has 0 bridgehead atoms. The molecule has 0 radical (unpaired) electrons. The first-order chi connectivity index (χ1) is 17.7. The Kier molecular flexibility index (Phi) is 10.3. The monoisotopic (exact) mass is 634 g/mol. The minimum absolute atomic E-state index is 0.226. The van der Waals surface area contributed by atoms with E-state index in [2.05, 4.69) is 21.2 Å². The summed E-state index contributed by atoms with van der Waals surface area (Å²) in [5.74, 6) is -1.32. The molecule has 3 amide bonds. The normalized spacial score (nSPS) is 10.6. The second kappa shape index (κ2) is 13.6. The van der Waals surface area contributed by atoms with E-state index in [9.17, 15) is 14.4 Å². The molecule has 0 unspecified atom stereocenters. The van der Waals surface area contributed by atoms with E-state index in [0.29, 0.717) is 31.3 Å². The van der Waals surface area contributed by atoms with Crippen LogP contribution in [-0.4, -0.2) is 37.7 Å². The van der Waals surface area contributed by atoms with Gasteiger partial charge in [0.1, 0.15) is 0 Å². The van der Waals surface area contributed by atoms with Crippen LogP contribution in [0.2, 0.25) is 5.02 Å². The van der Waals surface area contributed by atoms with Crippen molar-refractivity contribution in [3.63, 3.8) is 0 Å². The van der Waals surface area contributed by atoms with Crippen molar-refractivity contribution >= 4 is 63.8 Å². The van der Waals surface area contributed by atoms with E-state index >= 15 is 0 Å². The summed E-state index contributed by atoms with van der Waals surface area (Å²) in [5, 5.41) is 9.59. The third-order valence-electron chi connectivity index (χ3n) is 4.87. The Morgan fingerprint density at radius 3 is 2.51 bits per heavy atom. The van der Waals surface area contributed by atoms with Crippen LogP contribution in [0.1, 0.15) is 16.7 Å². The van der Waals surface area contributed by atoms with Gasteiger partial charge in [-0.3, -0.25) is 14.4 Å². The fourth-order valence-corrected chi connectivity index (χ4v) is 4.01. The molecular formula is C26H24ClIN4O5. The molecule has 3 N–H and O–H groups in total. The van der Waals surface area contributed by atoms with Crippen molar-refractivity contribution in [1.82, 2.24) is 10.7 Å². The van der Waals surface area contributed by atoms with Crippen molar-refractivity contribution in [2.75, 3.05) is 19.0 Å². The maximum Gasteiger partial charge on any atom is 0.329 e. The number of hydrogen-bond donors (Lipinski definition) is 3. The number of anilines is 1. The SMILES string of the molecule is COc1cc(/C=N\NC(=O)C(=O)NCc2ccc(C)cc2)cc(I)c1OCC(=O)Nc1cccc(Cl)c1. The van der Waals surface area contributed by atoms with Crippen molar-refractivity contribution in [2.24, 2.45) is 5.10 Å². The van der Waals surface area contributed by atoms with Crippen LogP contribution in [0.3, 0.4) is 0 Å². The predicted molar refractivity (Wildman–Crippen MR) is 150 cm³/mol. The van der Waals surface area contributed by atoms with Gasteiger partial charge in [0, 0.05) is 17.3 Å². The Morgan fingerprint density at radius 1 is 1.05 bits per heavy atom. The number of carbonyl (C=O) groups is 3. The number of carbonyl (C=O) groups excluding carboxylic acids is 3. The minimum atomic E-state index is -0.893. The standard InChI is InChI=1S/C26H24ClIN4O5/c1-16-6-8-17(9-7-16)13-29-25(34)26(35)32-30-14-18-10-21(28)24(22(11-18)36-2)37-15-23(33)31-20-5-3-4-19(27)12-20/h3-12,14H,13,15H2,1-2H3,(H,29,34)(H,31,33)(H,32,35)/b30-14-. The Labute approximate surface area is 232 Å². The summed E-state index contributed by atoms with van der Waals surface area (Å²) in [7, 11) is 1.46. The molecule has 0 atom stereocenters. The highest BCUT2D eigenvalue weighted by Crippen LogP contribution is 2.33. The van der Waals surface area contributed by atoms with Crippen LogP contribution in [0, 0.1) is 10.5 Å². The van der Waals surface area contributed by atoms with Crippen LogP contribution in [0.25, 0.3) is 0 Å². The van der Waals surface area contributed by atoms with E-state index in [1.165, 1.54) is 13.3 Å². The van der Waals surface area contributed by atoms with Gasteiger partial charge in [0.2, 0.25) is 0 Å². The van der Waals surface area contributed by atoms with Gasteiger partial charge in [0.05, 0.1) is 16.9 Å². The molecule has 0 fully saturated rings. The number of aryl methyl sites for hydroxylation is 1. The fourth-order valence-electron chi connectivity index (χ4n) is 3.04. The summed E-state index contributed by atoms with van der Waals surface area (Å²) in [6, 6.07) is 17.7. The quantitative estimate of drug-likeness (QED) is 0.142. The number of nitrogens with one attached hydrogen (secondary N) is 3. The molecule has 0 saturated carbocycles. The molecule has 0 spiro atoms. The van der Waals surface area contributed by atoms with Crippen LogP contribution < -0.4 is 25.5 Å². The van der Waals surface area contributed by atoms with Gasteiger partial charge in [-0.1, -0.05) is 47.5 Å². The number of ether oxygens (including phenoxy) is 2. The average molecular weight is 635 g/mol. The topological polar surface area (TPSA) is 118 Å². The molecule has 0 aliphatic heterocycles. The van der Waals surface area contributed by atoms with Crippen LogP contribution in [-0.2, 0) is 20.9 Å². The predicted octanol–water partition coefficient (Wildman–Crippen LogP) is 4.05. The molecule has 9 nitrogen and oxygen atoms in total. The van der Waals surface area contributed by atoms with Gasteiger partial charge in [-0.25, -0.2) is 5.43 Å². The molecule has 11 heteroatoms. The summed E-state index contributed by atoms with van der Waals surface area (Å²) in [6.45, 7) is 1.94. The number of nitrogens with zero attached hydrogens (tertiary/aromatic N) is 1. The summed E-state index contributed by atoms with van der Waals surface area (Å²) in [5.41, 5.74) is 5.31. The van der Waals surface area contributed by atoms with Crippen molar-refractivity contribution in [2.45, 2.75) is 13.5 Å². The Morgan fingerprint density at radius 2 is 1.81 bits per heavy atom. The first-order valence-corrected chi connectivity index (χ1v) is 12.4. The van der Waals surface area contributed by atoms with E-state index in [1.54, 1.807) is 36.4 Å². The first-order valence-electron chi connectivity index (χ1n) is 11.0. The van der Waals surface area contributed by atoms with Crippen molar-refractivity contribution in [3.05, 3.63) is 85.9 Å². The van der Waals surface area contributed by atoms with Crippen LogP contribution in [0.4, 0.5) is 5.69 Å². The minimum Gasteiger partial charge on any atom is -0.493 e. The molecule has 0 heterocycles.